The lowest BCUT2D eigenvalue weighted by molar-refractivity contribution is 1.18. The first-order valence-electron chi connectivity index (χ1n) is 18.8. The molecule has 0 saturated carbocycles. The van der Waals surface area contributed by atoms with Crippen LogP contribution in [-0.2, 0) is 0 Å². The van der Waals surface area contributed by atoms with Gasteiger partial charge >= 0.3 is 0 Å². The third-order valence-electron chi connectivity index (χ3n) is 10.6. The van der Waals surface area contributed by atoms with E-state index in [1.54, 1.807) is 0 Å². The molecule has 0 aliphatic heterocycles. The predicted octanol–water partition coefficient (Wildman–Crippen LogP) is 13.7. The van der Waals surface area contributed by atoms with E-state index in [4.69, 9.17) is 15.0 Å². The number of para-hydroxylation sites is 2. The molecule has 5 heteroatoms. The van der Waals surface area contributed by atoms with Gasteiger partial charge in [0.05, 0.1) is 32.8 Å². The fourth-order valence-electron chi connectivity index (χ4n) is 7.95. The van der Waals surface area contributed by atoms with Crippen molar-refractivity contribution < 1.29 is 0 Å². The van der Waals surface area contributed by atoms with E-state index in [-0.39, 0.29) is 0 Å². The van der Waals surface area contributed by atoms with Crippen molar-refractivity contribution in [1.82, 2.24) is 19.5 Å². The lowest BCUT2D eigenvalue weighted by atomic mass is 9.98. The first kappa shape index (κ1) is 32.2. The topological polar surface area (TPSA) is 43.6 Å². The van der Waals surface area contributed by atoms with Gasteiger partial charge in [0.25, 0.3) is 0 Å². The largest absolute Gasteiger partial charge is 0.301 e. The Labute approximate surface area is 327 Å². The maximum absolute atomic E-state index is 5.44. The lowest BCUT2D eigenvalue weighted by Gasteiger charge is -2.11. The Balaban J connectivity index is 1.07. The van der Waals surface area contributed by atoms with Crippen molar-refractivity contribution >= 4 is 53.4 Å². The minimum Gasteiger partial charge on any atom is -0.301 e. The maximum atomic E-state index is 5.44. The van der Waals surface area contributed by atoms with Gasteiger partial charge in [-0.2, -0.15) is 0 Å². The van der Waals surface area contributed by atoms with Gasteiger partial charge in [-0.15, -0.1) is 11.3 Å². The number of hydrogen-bond donors (Lipinski definition) is 0. The van der Waals surface area contributed by atoms with E-state index in [0.717, 1.165) is 67.1 Å². The monoisotopic (exact) mass is 732 g/mol. The third-order valence-corrected chi connectivity index (χ3v) is 11.8. The molecule has 0 radical (unpaired) electrons. The van der Waals surface area contributed by atoms with Crippen LogP contribution in [0.1, 0.15) is 0 Å². The van der Waals surface area contributed by atoms with Crippen molar-refractivity contribution in [3.63, 3.8) is 0 Å². The first-order chi connectivity index (χ1) is 27.8. The molecule has 0 fully saturated rings. The van der Waals surface area contributed by atoms with E-state index >= 15 is 0 Å². The van der Waals surface area contributed by atoms with Crippen molar-refractivity contribution in [1.29, 1.82) is 0 Å². The lowest BCUT2D eigenvalue weighted by Crippen LogP contribution is -1.95. The number of thiophene rings is 1. The summed E-state index contributed by atoms with van der Waals surface area (Å²) < 4.78 is 3.62. The Morgan fingerprint density at radius 1 is 0.393 bits per heavy atom. The molecule has 4 aromatic heterocycles. The van der Waals surface area contributed by atoms with Crippen LogP contribution in [-0.4, -0.2) is 19.5 Å². The Kier molecular flexibility index (Phi) is 7.64. The number of pyridine rings is 1. The fourth-order valence-corrected chi connectivity index (χ4v) is 9.33. The SMILES string of the molecule is c1ccc(-c2cc(-c3ccc(-c4ccc5c(c4)nc(-c4ccccc4)c4sc6c(c7ccccc7n6-c6ccccc6)c45)cc3)nc(-c3ccccc3)n2)cc1. The highest BCUT2D eigenvalue weighted by molar-refractivity contribution is 7.26. The molecular formula is C51H32N4S. The summed E-state index contributed by atoms with van der Waals surface area (Å²) in [6.45, 7) is 0. The number of rotatable bonds is 6. The van der Waals surface area contributed by atoms with Gasteiger partial charge in [-0.25, -0.2) is 15.0 Å². The maximum Gasteiger partial charge on any atom is 0.160 e. The van der Waals surface area contributed by atoms with Crippen LogP contribution in [0, 0.1) is 0 Å². The summed E-state index contributed by atoms with van der Waals surface area (Å²) in [5.41, 5.74) is 12.6. The summed E-state index contributed by atoms with van der Waals surface area (Å²) in [5.74, 6) is 0.710. The summed E-state index contributed by atoms with van der Waals surface area (Å²) in [4.78, 5) is 16.7. The molecular weight excluding hydrogens is 701 g/mol. The summed E-state index contributed by atoms with van der Waals surface area (Å²) in [5, 5.41) is 4.94. The second-order valence-electron chi connectivity index (χ2n) is 14.0. The number of aromatic nitrogens is 4. The first-order valence-corrected chi connectivity index (χ1v) is 19.6. The fraction of sp³-hybridized carbons (Fsp3) is 0. The van der Waals surface area contributed by atoms with E-state index in [2.05, 4.69) is 162 Å². The zero-order chi connectivity index (χ0) is 37.0. The van der Waals surface area contributed by atoms with Gasteiger partial charge in [0.2, 0.25) is 0 Å². The second-order valence-corrected chi connectivity index (χ2v) is 15.0. The smallest absolute Gasteiger partial charge is 0.160 e. The Bertz CT molecular complexity index is 3150. The normalized spacial score (nSPS) is 11.6. The Morgan fingerprint density at radius 2 is 0.946 bits per heavy atom. The van der Waals surface area contributed by atoms with Gasteiger partial charge in [-0.05, 0) is 41.5 Å². The third kappa shape index (κ3) is 5.40. The van der Waals surface area contributed by atoms with Crippen LogP contribution in [0.25, 0.3) is 104 Å². The molecule has 0 atom stereocenters. The molecule has 0 aliphatic rings. The van der Waals surface area contributed by atoms with Crippen LogP contribution in [0.4, 0.5) is 0 Å². The highest BCUT2D eigenvalue weighted by Crippen LogP contribution is 2.48. The molecule has 11 rings (SSSR count). The molecule has 0 saturated heterocycles. The van der Waals surface area contributed by atoms with E-state index in [1.165, 1.54) is 31.2 Å². The molecule has 0 bridgehead atoms. The molecule has 0 aliphatic carbocycles. The van der Waals surface area contributed by atoms with Gasteiger partial charge in [-0.3, -0.25) is 0 Å². The van der Waals surface area contributed by atoms with Gasteiger partial charge in [0, 0.05) is 49.5 Å². The average molecular weight is 733 g/mol. The van der Waals surface area contributed by atoms with Crippen LogP contribution in [0.2, 0.25) is 0 Å². The number of nitrogens with zero attached hydrogens (tertiary/aromatic N) is 4. The van der Waals surface area contributed by atoms with Crippen LogP contribution in [0.5, 0.6) is 0 Å². The summed E-state index contributed by atoms with van der Waals surface area (Å²) in [6.07, 6.45) is 0. The molecule has 0 amide bonds. The molecule has 0 spiro atoms. The molecule has 4 heterocycles. The van der Waals surface area contributed by atoms with Crippen molar-refractivity contribution in [2.75, 3.05) is 0 Å². The molecule has 7 aromatic carbocycles. The summed E-state index contributed by atoms with van der Waals surface area (Å²) in [7, 11) is 0. The van der Waals surface area contributed by atoms with Crippen LogP contribution in [0.3, 0.4) is 0 Å². The van der Waals surface area contributed by atoms with Crippen LogP contribution < -0.4 is 0 Å². The summed E-state index contributed by atoms with van der Waals surface area (Å²) >= 11 is 1.83. The predicted molar refractivity (Wildman–Crippen MR) is 234 cm³/mol. The zero-order valence-electron chi connectivity index (χ0n) is 30.2. The van der Waals surface area contributed by atoms with Crippen molar-refractivity contribution in [2.45, 2.75) is 0 Å². The van der Waals surface area contributed by atoms with E-state index in [9.17, 15) is 0 Å². The zero-order valence-corrected chi connectivity index (χ0v) is 31.0. The minimum atomic E-state index is 0.710. The van der Waals surface area contributed by atoms with E-state index in [1.807, 2.05) is 47.7 Å². The molecule has 56 heavy (non-hydrogen) atoms. The Morgan fingerprint density at radius 3 is 1.64 bits per heavy atom. The minimum absolute atomic E-state index is 0.710. The molecule has 0 N–H and O–H groups in total. The van der Waals surface area contributed by atoms with Crippen LogP contribution in [0.15, 0.2) is 194 Å². The van der Waals surface area contributed by atoms with Gasteiger partial charge in [0.15, 0.2) is 5.82 Å². The van der Waals surface area contributed by atoms with Gasteiger partial charge in [0.1, 0.15) is 4.83 Å². The second kappa shape index (κ2) is 13.3. The van der Waals surface area contributed by atoms with Crippen molar-refractivity contribution in [3.05, 3.63) is 194 Å². The average Bonchev–Trinajstić information content (AvgIpc) is 3.82. The molecule has 0 unspecified atom stereocenters. The van der Waals surface area contributed by atoms with E-state index in [0.29, 0.717) is 5.82 Å². The van der Waals surface area contributed by atoms with Crippen molar-refractivity contribution in [3.8, 4) is 62.0 Å². The Hall–Kier alpha value is -7.21. The van der Waals surface area contributed by atoms with Gasteiger partial charge in [-0.1, -0.05) is 164 Å². The van der Waals surface area contributed by atoms with Gasteiger partial charge < -0.3 is 4.57 Å². The number of hydrogen-bond acceptors (Lipinski definition) is 4. The number of fused-ring (bicyclic) bond motifs is 7. The summed E-state index contributed by atoms with van der Waals surface area (Å²) in [6, 6.07) is 68.1. The standard InChI is InChI=1S/C51H32N4S/c1-5-15-34(16-6-1)42-32-43(54-50(53-42)37-19-9-3-10-20-37)35-27-25-33(26-28-35)38-29-30-40-44(31-38)52-48(36-17-7-2-8-18-36)49-46(40)47-41-23-13-14-24-45(41)55(51(47)56-49)39-21-11-4-12-22-39/h1-32H. The van der Waals surface area contributed by atoms with E-state index < -0.39 is 0 Å². The highest BCUT2D eigenvalue weighted by atomic mass is 32.1. The van der Waals surface area contributed by atoms with Crippen LogP contribution >= 0.6 is 11.3 Å². The van der Waals surface area contributed by atoms with Crippen molar-refractivity contribution in [2.24, 2.45) is 0 Å². The molecule has 4 nitrogen and oxygen atoms in total. The molecule has 262 valence electrons. The number of benzene rings is 7. The highest BCUT2D eigenvalue weighted by Gasteiger charge is 2.23. The quantitative estimate of drug-likeness (QED) is 0.171. The molecule has 11 aromatic rings.